The molecular formula is C46H48N4O7. The van der Waals surface area contributed by atoms with Crippen LogP contribution < -0.4 is 5.32 Å². The Morgan fingerprint density at radius 2 is 1.60 bits per heavy atom. The number of amides is 3. The number of aliphatic hydroxyl groups excluding tert-OH is 1. The molecule has 294 valence electrons. The number of imide groups is 1. The van der Waals surface area contributed by atoms with E-state index in [0.29, 0.717) is 6.54 Å². The molecule has 2 aliphatic heterocycles. The Morgan fingerprint density at radius 1 is 0.860 bits per heavy atom. The number of benzene rings is 4. The van der Waals surface area contributed by atoms with Gasteiger partial charge in [-0.25, -0.2) is 4.79 Å². The monoisotopic (exact) mass is 768 g/mol. The molecule has 3 amide bonds. The van der Waals surface area contributed by atoms with E-state index < -0.39 is 24.3 Å². The maximum atomic E-state index is 13.3. The second kappa shape index (κ2) is 18.5. The van der Waals surface area contributed by atoms with Crippen LogP contribution in [0.4, 0.5) is 4.79 Å². The molecule has 11 nitrogen and oxygen atoms in total. The predicted molar refractivity (Wildman–Crippen MR) is 214 cm³/mol. The Labute approximate surface area is 333 Å². The Kier molecular flexibility index (Phi) is 12.8. The number of ether oxygens (including phenoxy) is 3. The highest BCUT2D eigenvalue weighted by Gasteiger charge is 2.40. The fraction of sp³-hybridized carbons (Fsp3) is 0.304. The summed E-state index contributed by atoms with van der Waals surface area (Å²) in [6.45, 7) is 3.78. The lowest BCUT2D eigenvalue weighted by atomic mass is 9.90. The molecule has 11 heteroatoms. The van der Waals surface area contributed by atoms with Gasteiger partial charge in [-0.2, -0.15) is 0 Å². The average Bonchev–Trinajstić information content (AvgIpc) is 3.50. The first-order valence-electron chi connectivity index (χ1n) is 19.3. The number of likely N-dealkylation sites (tertiary alicyclic amines) is 1. The molecule has 3 heterocycles. The lowest BCUT2D eigenvalue weighted by molar-refractivity contribution is -0.275. The summed E-state index contributed by atoms with van der Waals surface area (Å²) in [5.41, 5.74) is 7.17. The van der Waals surface area contributed by atoms with Crippen LogP contribution in [0.5, 0.6) is 0 Å². The number of pyridine rings is 1. The Balaban J connectivity index is 1.04. The molecule has 0 bridgehead atoms. The maximum absolute atomic E-state index is 13.3. The van der Waals surface area contributed by atoms with Crippen molar-refractivity contribution in [2.24, 2.45) is 5.92 Å². The van der Waals surface area contributed by atoms with Crippen LogP contribution in [0.15, 0.2) is 128 Å². The van der Waals surface area contributed by atoms with Crippen molar-refractivity contribution in [1.29, 1.82) is 0 Å². The van der Waals surface area contributed by atoms with Crippen molar-refractivity contribution in [2.45, 2.75) is 64.1 Å². The average molecular weight is 769 g/mol. The highest BCUT2D eigenvalue weighted by Crippen LogP contribution is 2.42. The topological polar surface area (TPSA) is 131 Å². The van der Waals surface area contributed by atoms with E-state index in [1.165, 1.54) is 4.90 Å². The van der Waals surface area contributed by atoms with E-state index in [1.807, 2.05) is 121 Å². The Hall–Kier alpha value is -5.72. The van der Waals surface area contributed by atoms with Crippen LogP contribution in [0.1, 0.15) is 59.2 Å². The van der Waals surface area contributed by atoms with Gasteiger partial charge >= 0.3 is 6.09 Å². The molecular weight excluding hydrogens is 721 g/mol. The highest BCUT2D eigenvalue weighted by atomic mass is 16.7. The summed E-state index contributed by atoms with van der Waals surface area (Å²) in [6.07, 6.45) is 0.716. The van der Waals surface area contributed by atoms with Crippen LogP contribution in [0, 0.1) is 5.92 Å². The largest absolute Gasteiger partial charge is 0.445 e. The van der Waals surface area contributed by atoms with Crippen molar-refractivity contribution in [3.05, 3.63) is 161 Å². The summed E-state index contributed by atoms with van der Waals surface area (Å²) in [6, 6.07) is 37.9. The summed E-state index contributed by atoms with van der Waals surface area (Å²) in [4.78, 5) is 46.7. The standard InChI is InChI=1S/C46H48N4O7/c1-31-41(28-49(2)23-21-39-16-6-7-22-47-39)56-45(57-43(31)35-19-17-32(29-51)18-20-35)38-15-9-14-37(25-38)36-13-8-12-34(24-36)27-50-42(52)26-40(44(50)53)48-46(54)55-30-33-10-4-3-5-11-33/h3-20,22,24-25,31,40-41,43,45,51H,21,23,26-30H2,1-2H3,(H,48,54)/t31-,40?,41+,43+,45+/m0/s1. The molecule has 4 aromatic carbocycles. The van der Waals surface area contributed by atoms with Gasteiger partial charge in [0.25, 0.3) is 5.91 Å². The van der Waals surface area contributed by atoms with Gasteiger partial charge in [0.15, 0.2) is 6.29 Å². The number of hydrogen-bond donors (Lipinski definition) is 2. The van der Waals surface area contributed by atoms with E-state index in [1.54, 1.807) is 0 Å². The number of carbonyl (C=O) groups excluding carboxylic acids is 3. The fourth-order valence-electron chi connectivity index (χ4n) is 7.34. The number of alkyl carbamates (subject to hydrolysis) is 1. The summed E-state index contributed by atoms with van der Waals surface area (Å²) in [5.74, 6) is -0.800. The first kappa shape index (κ1) is 39.5. The van der Waals surface area contributed by atoms with E-state index in [2.05, 4.69) is 35.2 Å². The first-order chi connectivity index (χ1) is 27.7. The van der Waals surface area contributed by atoms with Gasteiger partial charge in [-0.15, -0.1) is 0 Å². The summed E-state index contributed by atoms with van der Waals surface area (Å²) >= 11 is 0. The zero-order valence-corrected chi connectivity index (χ0v) is 32.2. The number of rotatable bonds is 14. The van der Waals surface area contributed by atoms with Gasteiger partial charge in [-0.3, -0.25) is 19.5 Å². The van der Waals surface area contributed by atoms with Crippen molar-refractivity contribution >= 4 is 17.9 Å². The first-order valence-corrected chi connectivity index (χ1v) is 19.3. The van der Waals surface area contributed by atoms with Crippen LogP contribution in [0.25, 0.3) is 11.1 Å². The van der Waals surface area contributed by atoms with Gasteiger partial charge in [0, 0.05) is 42.9 Å². The van der Waals surface area contributed by atoms with Gasteiger partial charge in [0.2, 0.25) is 5.91 Å². The quantitative estimate of drug-likeness (QED) is 0.118. The number of carbonyl (C=O) groups is 3. The Morgan fingerprint density at radius 3 is 2.35 bits per heavy atom. The minimum absolute atomic E-state index is 0.0286. The van der Waals surface area contributed by atoms with Crippen LogP contribution in [-0.2, 0) is 50.0 Å². The van der Waals surface area contributed by atoms with Crippen molar-refractivity contribution in [3.63, 3.8) is 0 Å². The molecule has 2 aliphatic rings. The minimum atomic E-state index is -0.986. The second-order valence-corrected chi connectivity index (χ2v) is 14.8. The lowest BCUT2D eigenvalue weighted by Gasteiger charge is -2.42. The molecule has 5 atom stereocenters. The zero-order chi connectivity index (χ0) is 39.7. The van der Waals surface area contributed by atoms with E-state index in [-0.39, 0.29) is 50.2 Å². The molecule has 5 aromatic rings. The third-order valence-electron chi connectivity index (χ3n) is 10.6. The zero-order valence-electron chi connectivity index (χ0n) is 32.2. The molecule has 0 spiro atoms. The number of nitrogens with one attached hydrogen (secondary N) is 1. The number of likely N-dealkylation sites (N-methyl/N-ethyl adjacent to an activating group) is 1. The molecule has 0 saturated carbocycles. The lowest BCUT2D eigenvalue weighted by Crippen LogP contribution is -2.43. The molecule has 1 unspecified atom stereocenters. The molecule has 7 rings (SSSR count). The molecule has 57 heavy (non-hydrogen) atoms. The number of aliphatic hydroxyl groups is 1. The summed E-state index contributed by atoms with van der Waals surface area (Å²) in [5, 5.41) is 12.2. The Bertz CT molecular complexity index is 2130. The van der Waals surface area contributed by atoms with Crippen LogP contribution in [-0.4, -0.2) is 70.1 Å². The van der Waals surface area contributed by atoms with Gasteiger partial charge < -0.3 is 29.5 Å². The molecule has 0 aliphatic carbocycles. The third kappa shape index (κ3) is 10.00. The predicted octanol–water partition coefficient (Wildman–Crippen LogP) is 6.76. The highest BCUT2D eigenvalue weighted by molar-refractivity contribution is 6.06. The van der Waals surface area contributed by atoms with E-state index in [4.69, 9.17) is 14.2 Å². The van der Waals surface area contributed by atoms with E-state index in [0.717, 1.165) is 57.6 Å². The van der Waals surface area contributed by atoms with Crippen molar-refractivity contribution in [2.75, 3.05) is 20.1 Å². The van der Waals surface area contributed by atoms with Crippen molar-refractivity contribution in [1.82, 2.24) is 20.1 Å². The van der Waals surface area contributed by atoms with Gasteiger partial charge in [-0.05, 0) is 64.7 Å². The second-order valence-electron chi connectivity index (χ2n) is 14.8. The van der Waals surface area contributed by atoms with Crippen LogP contribution in [0.2, 0.25) is 0 Å². The summed E-state index contributed by atoms with van der Waals surface area (Å²) in [7, 11) is 2.10. The molecule has 1 aromatic heterocycles. The number of aromatic nitrogens is 1. The molecule has 2 saturated heterocycles. The fourth-order valence-corrected chi connectivity index (χ4v) is 7.34. The van der Waals surface area contributed by atoms with E-state index >= 15 is 0 Å². The van der Waals surface area contributed by atoms with Gasteiger partial charge in [0.05, 0.1) is 31.8 Å². The molecule has 2 N–H and O–H groups in total. The smallest absolute Gasteiger partial charge is 0.408 e. The van der Waals surface area contributed by atoms with Crippen LogP contribution >= 0.6 is 0 Å². The number of nitrogens with zero attached hydrogens (tertiary/aromatic N) is 3. The van der Waals surface area contributed by atoms with Gasteiger partial charge in [-0.1, -0.05) is 104 Å². The van der Waals surface area contributed by atoms with Gasteiger partial charge in [0.1, 0.15) is 12.6 Å². The normalized spacial score (nSPS) is 20.8. The minimum Gasteiger partial charge on any atom is -0.445 e. The van der Waals surface area contributed by atoms with E-state index in [9.17, 15) is 19.5 Å². The van der Waals surface area contributed by atoms with Crippen LogP contribution in [0.3, 0.4) is 0 Å². The molecule has 2 fully saturated rings. The SMILES string of the molecule is C[C@H]1[C@@H](CN(C)CCc2ccccn2)O[C@@H](c2cccc(-c3cccc(CN4C(=O)CC(NC(=O)OCc5ccccc5)C4=O)c3)c2)O[C@H]1c1ccc(CO)cc1. The third-order valence-corrected chi connectivity index (χ3v) is 10.6. The summed E-state index contributed by atoms with van der Waals surface area (Å²) < 4.78 is 18.8. The van der Waals surface area contributed by atoms with Crippen molar-refractivity contribution in [3.8, 4) is 11.1 Å². The number of hydrogen-bond acceptors (Lipinski definition) is 9. The maximum Gasteiger partial charge on any atom is 0.408 e. The van der Waals surface area contributed by atoms with Crippen molar-refractivity contribution < 1.29 is 33.7 Å². The molecule has 0 radical (unpaired) electrons.